The number of carbonyl (C=O) groups excluding carboxylic acids is 1. The van der Waals surface area contributed by atoms with E-state index >= 15 is 0 Å². The van der Waals surface area contributed by atoms with Crippen LogP contribution in [0, 0.1) is 13.8 Å². The van der Waals surface area contributed by atoms with Crippen molar-refractivity contribution in [1.29, 1.82) is 0 Å². The molecule has 0 heterocycles. The maximum absolute atomic E-state index is 12.8. The van der Waals surface area contributed by atoms with Crippen LogP contribution in [0.2, 0.25) is 0 Å². The summed E-state index contributed by atoms with van der Waals surface area (Å²) in [4.78, 5) is 13.2. The number of carbonyl (C=O) groups is 1. The fraction of sp³-hybridized carbons (Fsp3) is 0.318. The van der Waals surface area contributed by atoms with Crippen LogP contribution in [0.3, 0.4) is 0 Å². The van der Waals surface area contributed by atoms with Crippen LogP contribution >= 0.6 is 0 Å². The van der Waals surface area contributed by atoms with Gasteiger partial charge in [0.05, 0.1) is 16.5 Å². The first kappa shape index (κ1) is 21.1. The topological polar surface area (TPSA) is 55.4 Å². The van der Waals surface area contributed by atoms with Gasteiger partial charge >= 0.3 is 5.97 Å². The molecule has 0 fully saturated rings. The summed E-state index contributed by atoms with van der Waals surface area (Å²) in [5, 5.41) is 0. The summed E-state index contributed by atoms with van der Waals surface area (Å²) >= 11 is 0. The van der Waals surface area contributed by atoms with Crippen molar-refractivity contribution < 1.29 is 13.7 Å². The summed E-state index contributed by atoms with van der Waals surface area (Å²) in [6.45, 7) is 13.3. The van der Waals surface area contributed by atoms with E-state index in [1.165, 1.54) is 0 Å². The second-order valence-electron chi connectivity index (χ2n) is 7.57. The van der Waals surface area contributed by atoms with Crippen LogP contribution in [0.15, 0.2) is 65.6 Å². The first-order valence-corrected chi connectivity index (χ1v) is 9.95. The van der Waals surface area contributed by atoms with Gasteiger partial charge in [0.15, 0.2) is 0 Å². The van der Waals surface area contributed by atoms with Crippen molar-refractivity contribution in [3.05, 3.63) is 77.4 Å². The average molecular weight is 386 g/mol. The molecule has 0 aliphatic heterocycles. The molecule has 0 aromatic heterocycles. The molecule has 0 bridgehead atoms. The van der Waals surface area contributed by atoms with Gasteiger partial charge in [-0.1, -0.05) is 54.1 Å². The van der Waals surface area contributed by atoms with Gasteiger partial charge in [0.1, 0.15) is 16.6 Å². The van der Waals surface area contributed by atoms with Crippen molar-refractivity contribution in [3.8, 4) is 0 Å². The van der Waals surface area contributed by atoms with Gasteiger partial charge in [0.2, 0.25) is 0 Å². The highest BCUT2D eigenvalue weighted by atomic mass is 32.2. The second-order valence-corrected chi connectivity index (χ2v) is 8.82. The zero-order valence-electron chi connectivity index (χ0n) is 16.5. The van der Waals surface area contributed by atoms with Crippen LogP contribution in [0.4, 0.5) is 0 Å². The highest BCUT2D eigenvalue weighted by Gasteiger charge is 2.27. The zero-order valence-corrected chi connectivity index (χ0v) is 17.4. The van der Waals surface area contributed by atoms with Gasteiger partial charge in [-0.2, -0.15) is 0 Å². The smallest absolute Gasteiger partial charge is 0.335 e. The molecule has 0 amide bonds. The lowest BCUT2D eigenvalue weighted by molar-refractivity contribution is -0.150. The molecule has 2 aromatic rings. The molecule has 5 heteroatoms. The third-order valence-corrected chi connectivity index (χ3v) is 5.03. The van der Waals surface area contributed by atoms with Gasteiger partial charge in [0, 0.05) is 0 Å². The molecular weight excluding hydrogens is 358 g/mol. The summed E-state index contributed by atoms with van der Waals surface area (Å²) in [7, 11) is -1.51. The van der Waals surface area contributed by atoms with Crippen LogP contribution < -0.4 is 4.72 Å². The molecule has 0 aliphatic rings. The SMILES string of the molecule is C=C(C(=O)OC(C)(C)C)[C@@H](NS(=O)c1ccc(C)cc1)c1ccc(C)cc1. The van der Waals surface area contributed by atoms with E-state index in [4.69, 9.17) is 4.74 Å². The number of hydrogen-bond donors (Lipinski definition) is 1. The van der Waals surface area contributed by atoms with Crippen LogP contribution in [0.1, 0.15) is 43.5 Å². The molecule has 144 valence electrons. The van der Waals surface area contributed by atoms with E-state index in [2.05, 4.69) is 11.3 Å². The van der Waals surface area contributed by atoms with Crippen LogP contribution in [0.5, 0.6) is 0 Å². The summed E-state index contributed by atoms with van der Waals surface area (Å²) in [6, 6.07) is 14.5. The number of benzene rings is 2. The van der Waals surface area contributed by atoms with E-state index in [9.17, 15) is 9.00 Å². The van der Waals surface area contributed by atoms with E-state index in [1.807, 2.05) is 50.2 Å². The monoisotopic (exact) mass is 385 g/mol. The minimum absolute atomic E-state index is 0.217. The number of aryl methyl sites for hydroxylation is 2. The van der Waals surface area contributed by atoms with Gasteiger partial charge in [-0.05, 0) is 52.3 Å². The van der Waals surface area contributed by atoms with E-state index < -0.39 is 28.6 Å². The average Bonchev–Trinajstić information content (AvgIpc) is 2.59. The molecule has 0 radical (unpaired) electrons. The Kier molecular flexibility index (Phi) is 6.73. The van der Waals surface area contributed by atoms with E-state index in [0.717, 1.165) is 16.7 Å². The van der Waals surface area contributed by atoms with Crippen LogP contribution in [-0.2, 0) is 20.5 Å². The Morgan fingerprint density at radius 3 is 1.96 bits per heavy atom. The lowest BCUT2D eigenvalue weighted by Gasteiger charge is -2.24. The van der Waals surface area contributed by atoms with Gasteiger partial charge < -0.3 is 4.74 Å². The highest BCUT2D eigenvalue weighted by Crippen LogP contribution is 2.25. The van der Waals surface area contributed by atoms with Crippen molar-refractivity contribution in [2.75, 3.05) is 0 Å². The van der Waals surface area contributed by atoms with Crippen molar-refractivity contribution in [2.45, 2.75) is 51.2 Å². The fourth-order valence-electron chi connectivity index (χ4n) is 2.40. The first-order valence-electron chi connectivity index (χ1n) is 8.80. The molecule has 4 nitrogen and oxygen atoms in total. The van der Waals surface area contributed by atoms with Gasteiger partial charge in [-0.3, -0.25) is 0 Å². The lowest BCUT2D eigenvalue weighted by Crippen LogP contribution is -2.32. The minimum atomic E-state index is -1.51. The highest BCUT2D eigenvalue weighted by molar-refractivity contribution is 7.83. The third-order valence-electron chi connectivity index (χ3n) is 3.88. The Morgan fingerprint density at radius 1 is 1.00 bits per heavy atom. The molecule has 1 unspecified atom stereocenters. The lowest BCUT2D eigenvalue weighted by atomic mass is 9.99. The number of hydrogen-bond acceptors (Lipinski definition) is 3. The fourth-order valence-corrected chi connectivity index (χ4v) is 3.41. The summed E-state index contributed by atoms with van der Waals surface area (Å²) < 4.78 is 21.3. The Bertz CT molecular complexity index is 833. The molecular formula is C22H27NO3S. The van der Waals surface area contributed by atoms with Crippen molar-refractivity contribution in [1.82, 2.24) is 4.72 Å². The van der Waals surface area contributed by atoms with Crippen molar-refractivity contribution in [2.24, 2.45) is 0 Å². The standard InChI is InChI=1S/C22H27NO3S/c1-15-7-11-18(12-8-15)20(17(3)21(24)26-22(4,5)6)23-27(25)19-13-9-16(2)10-14-19/h7-14,20,23H,3H2,1-2,4-6H3/t20-,27?/m1/s1. The quantitative estimate of drug-likeness (QED) is 0.586. The van der Waals surface area contributed by atoms with E-state index in [0.29, 0.717) is 4.90 Å². The predicted molar refractivity (Wildman–Crippen MR) is 110 cm³/mol. The number of ether oxygens (including phenoxy) is 1. The number of esters is 1. The maximum Gasteiger partial charge on any atom is 0.335 e. The normalized spacial score (nSPS) is 13.7. The molecule has 0 saturated heterocycles. The zero-order chi connectivity index (χ0) is 20.2. The van der Waals surface area contributed by atoms with Gasteiger partial charge in [0.25, 0.3) is 0 Å². The van der Waals surface area contributed by atoms with Crippen molar-refractivity contribution >= 4 is 17.0 Å². The molecule has 2 rings (SSSR count). The summed E-state index contributed by atoms with van der Waals surface area (Å²) in [6.07, 6.45) is 0. The van der Waals surface area contributed by atoms with Crippen LogP contribution in [-0.4, -0.2) is 15.8 Å². The Hall–Kier alpha value is -2.24. The molecule has 0 spiro atoms. The second kappa shape index (κ2) is 8.63. The van der Waals surface area contributed by atoms with Crippen LogP contribution in [0.25, 0.3) is 0 Å². The Labute approximate surface area is 164 Å². The van der Waals surface area contributed by atoms with E-state index in [-0.39, 0.29) is 5.57 Å². The van der Waals surface area contributed by atoms with E-state index in [1.54, 1.807) is 32.9 Å². The predicted octanol–water partition coefficient (Wildman–Crippen LogP) is 4.55. The van der Waals surface area contributed by atoms with Gasteiger partial charge in [-0.15, -0.1) is 0 Å². The largest absolute Gasteiger partial charge is 0.457 e. The van der Waals surface area contributed by atoms with Crippen molar-refractivity contribution in [3.63, 3.8) is 0 Å². The number of nitrogens with one attached hydrogen (secondary N) is 1. The number of rotatable bonds is 6. The summed E-state index contributed by atoms with van der Waals surface area (Å²) in [5.74, 6) is -0.513. The molecule has 0 aliphatic carbocycles. The minimum Gasteiger partial charge on any atom is -0.457 e. The maximum atomic E-state index is 12.8. The third kappa shape index (κ3) is 6.15. The first-order chi connectivity index (χ1) is 12.6. The van der Waals surface area contributed by atoms with Gasteiger partial charge in [-0.25, -0.2) is 13.7 Å². The molecule has 2 atom stereocenters. The Morgan fingerprint density at radius 2 is 1.48 bits per heavy atom. The summed E-state index contributed by atoms with van der Waals surface area (Å²) in [5.41, 5.74) is 2.57. The molecule has 2 aromatic carbocycles. The molecule has 0 saturated carbocycles. The Balaban J connectivity index is 2.30. The molecule has 1 N–H and O–H groups in total. The molecule has 27 heavy (non-hydrogen) atoms.